The second kappa shape index (κ2) is 4.45. The van der Waals surface area contributed by atoms with Gasteiger partial charge in [0.05, 0.1) is 18.8 Å². The normalized spacial score (nSPS) is 47.8. The summed E-state index contributed by atoms with van der Waals surface area (Å²) in [6, 6.07) is 0. The van der Waals surface area contributed by atoms with Gasteiger partial charge < -0.3 is 14.9 Å². The van der Waals surface area contributed by atoms with Gasteiger partial charge in [-0.15, -0.1) is 0 Å². The van der Waals surface area contributed by atoms with Crippen LogP contribution in [0.25, 0.3) is 0 Å². The van der Waals surface area contributed by atoms with Crippen LogP contribution >= 0.6 is 0 Å². The summed E-state index contributed by atoms with van der Waals surface area (Å²) < 4.78 is 5.55. The molecule has 0 spiro atoms. The minimum atomic E-state index is -0.285. The Morgan fingerprint density at radius 2 is 2.15 bits per heavy atom. The molecule has 0 aromatic rings. The average molecular weight is 399 g/mol. The van der Waals surface area contributed by atoms with Crippen molar-refractivity contribution in [2.24, 2.45) is 17.8 Å². The zero-order chi connectivity index (χ0) is 8.77. The molecule has 4 unspecified atom stereocenters. The van der Waals surface area contributed by atoms with Crippen molar-refractivity contribution in [2.45, 2.75) is 18.9 Å². The van der Waals surface area contributed by atoms with Gasteiger partial charge >= 0.3 is 0 Å². The van der Waals surface area contributed by atoms with Gasteiger partial charge in [-0.05, 0) is 12.3 Å². The largest absolute Gasteiger partial charge is 0.396 e. The Kier molecular flexibility index (Phi) is 4.24. The molecule has 1 aliphatic carbocycles. The van der Waals surface area contributed by atoms with E-state index in [0.29, 0.717) is 18.4 Å². The van der Waals surface area contributed by atoms with Crippen LogP contribution in [0.3, 0.4) is 0 Å². The van der Waals surface area contributed by atoms with E-state index in [2.05, 4.69) is 6.92 Å². The van der Waals surface area contributed by atoms with Crippen LogP contribution in [0.15, 0.2) is 0 Å². The number of aliphatic hydroxyl groups excluding tert-OH is 2. The fourth-order valence-electron chi connectivity index (χ4n) is 2.97. The molecule has 1 radical (unpaired) electrons. The first-order valence-electron chi connectivity index (χ1n) is 4.59. The zero-order valence-corrected chi connectivity index (χ0v) is 12.7. The molecule has 2 N–H and O–H groups in total. The van der Waals surface area contributed by atoms with Gasteiger partial charge in [0, 0.05) is 62.5 Å². The SMILES string of the molecule is CC1CC2(CO)OCC(CO)C12.[Ac]. The number of aliphatic hydroxyl groups is 2. The first-order valence-corrected chi connectivity index (χ1v) is 4.59. The summed E-state index contributed by atoms with van der Waals surface area (Å²) in [6.07, 6.45) is 0.949. The van der Waals surface area contributed by atoms with Crippen molar-refractivity contribution in [2.75, 3.05) is 19.8 Å². The molecule has 4 atom stereocenters. The molecule has 1 aliphatic heterocycles. The molecular formula is C9H16AcO3. The third kappa shape index (κ3) is 1.74. The Morgan fingerprint density at radius 3 is 2.62 bits per heavy atom. The van der Waals surface area contributed by atoms with Crippen LogP contribution in [0.4, 0.5) is 0 Å². The minimum Gasteiger partial charge on any atom is -0.396 e. The van der Waals surface area contributed by atoms with E-state index in [-0.39, 0.29) is 68.8 Å². The van der Waals surface area contributed by atoms with Crippen LogP contribution in [0.1, 0.15) is 13.3 Å². The van der Waals surface area contributed by atoms with Crippen molar-refractivity contribution < 1.29 is 59.0 Å². The summed E-state index contributed by atoms with van der Waals surface area (Å²) in [4.78, 5) is 0. The molecule has 2 aliphatic rings. The molecule has 0 aromatic carbocycles. The van der Waals surface area contributed by atoms with Crippen LogP contribution in [-0.4, -0.2) is 35.6 Å². The molecule has 1 heterocycles. The maximum Gasteiger partial charge on any atom is 0.0949 e. The van der Waals surface area contributed by atoms with Crippen molar-refractivity contribution >= 4 is 0 Å². The van der Waals surface area contributed by atoms with Crippen molar-refractivity contribution in [3.8, 4) is 0 Å². The van der Waals surface area contributed by atoms with E-state index < -0.39 is 0 Å². The van der Waals surface area contributed by atoms with Crippen molar-refractivity contribution in [3.05, 3.63) is 0 Å². The van der Waals surface area contributed by atoms with E-state index in [0.717, 1.165) is 6.42 Å². The van der Waals surface area contributed by atoms with E-state index in [1.807, 2.05) is 0 Å². The predicted molar refractivity (Wildman–Crippen MR) is 43.6 cm³/mol. The van der Waals surface area contributed by atoms with Crippen molar-refractivity contribution in [3.63, 3.8) is 0 Å². The fraction of sp³-hybridized carbons (Fsp3) is 1.00. The summed E-state index contributed by atoms with van der Waals surface area (Å²) in [5.74, 6) is 1.23. The van der Waals surface area contributed by atoms with Crippen LogP contribution in [-0.2, 0) is 4.74 Å². The average Bonchev–Trinajstić information content (AvgIpc) is 2.37. The molecule has 2 rings (SSSR count). The first-order chi connectivity index (χ1) is 5.73. The molecule has 4 heteroatoms. The Bertz CT molecular complexity index is 188. The first kappa shape index (κ1) is 12.4. The van der Waals surface area contributed by atoms with Gasteiger partial charge in [0.1, 0.15) is 0 Å². The summed E-state index contributed by atoms with van der Waals surface area (Å²) in [5.41, 5.74) is -0.285. The Hall–Kier alpha value is 1.32. The van der Waals surface area contributed by atoms with Gasteiger partial charge in [-0.2, -0.15) is 0 Å². The summed E-state index contributed by atoms with van der Waals surface area (Å²) in [6.45, 7) is 3.08. The standard InChI is InChI=1S/C9H16O3.Ac/c1-6-2-9(5-11)8(6)7(3-10)4-12-9;/h6-8,10-11H,2-5H2,1H3;. The zero-order valence-electron chi connectivity index (χ0n) is 7.94. The minimum absolute atomic E-state index is 0. The van der Waals surface area contributed by atoms with Crippen LogP contribution in [0.2, 0.25) is 0 Å². The summed E-state index contributed by atoms with van der Waals surface area (Å²) in [5, 5.41) is 18.2. The van der Waals surface area contributed by atoms with Gasteiger partial charge in [0.25, 0.3) is 0 Å². The van der Waals surface area contributed by atoms with Gasteiger partial charge in [-0.3, -0.25) is 0 Å². The van der Waals surface area contributed by atoms with Crippen molar-refractivity contribution in [1.29, 1.82) is 0 Å². The summed E-state index contributed by atoms with van der Waals surface area (Å²) >= 11 is 0. The van der Waals surface area contributed by atoms with E-state index in [1.54, 1.807) is 0 Å². The Morgan fingerprint density at radius 1 is 1.46 bits per heavy atom. The maximum absolute atomic E-state index is 9.17. The Labute approximate surface area is 114 Å². The fourth-order valence-corrected chi connectivity index (χ4v) is 2.97. The molecule has 1 saturated heterocycles. The van der Waals surface area contributed by atoms with Gasteiger partial charge in [0.15, 0.2) is 0 Å². The quantitative estimate of drug-likeness (QED) is 0.688. The van der Waals surface area contributed by atoms with Gasteiger partial charge in [-0.1, -0.05) is 6.92 Å². The molecular weight excluding hydrogens is 383 g/mol. The van der Waals surface area contributed by atoms with E-state index in [1.165, 1.54) is 0 Å². The van der Waals surface area contributed by atoms with Gasteiger partial charge in [-0.25, -0.2) is 0 Å². The number of fused-ring (bicyclic) bond motifs is 1. The molecule has 1 saturated carbocycles. The van der Waals surface area contributed by atoms with E-state index in [9.17, 15) is 5.11 Å². The van der Waals surface area contributed by atoms with Crippen molar-refractivity contribution in [1.82, 2.24) is 0 Å². The third-order valence-corrected chi connectivity index (χ3v) is 3.48. The number of hydrogen-bond donors (Lipinski definition) is 2. The Balaban J connectivity index is 0.000000845. The number of rotatable bonds is 2. The monoisotopic (exact) mass is 399 g/mol. The van der Waals surface area contributed by atoms with Crippen LogP contribution < -0.4 is 0 Å². The molecule has 3 nitrogen and oxygen atoms in total. The molecule has 73 valence electrons. The second-order valence-electron chi connectivity index (χ2n) is 4.18. The summed E-state index contributed by atoms with van der Waals surface area (Å²) in [7, 11) is 0. The molecule has 0 bridgehead atoms. The number of hydrogen-bond acceptors (Lipinski definition) is 3. The molecule has 0 aromatic heterocycles. The molecule has 13 heavy (non-hydrogen) atoms. The van der Waals surface area contributed by atoms with Crippen LogP contribution in [0, 0.1) is 61.8 Å². The second-order valence-corrected chi connectivity index (χ2v) is 4.18. The predicted octanol–water partition coefficient (Wildman–Crippen LogP) is 0.0122. The van der Waals surface area contributed by atoms with E-state index >= 15 is 0 Å². The van der Waals surface area contributed by atoms with E-state index in [4.69, 9.17) is 9.84 Å². The smallest absolute Gasteiger partial charge is 0.0949 e. The van der Waals surface area contributed by atoms with Gasteiger partial charge in [0.2, 0.25) is 0 Å². The number of ether oxygens (including phenoxy) is 1. The topological polar surface area (TPSA) is 49.7 Å². The molecule has 0 amide bonds. The van der Waals surface area contributed by atoms with Crippen LogP contribution in [0.5, 0.6) is 0 Å². The third-order valence-electron chi connectivity index (χ3n) is 3.48. The maximum atomic E-state index is 9.17. The molecule has 2 fully saturated rings.